The second-order valence-corrected chi connectivity index (χ2v) is 4.91. The van der Waals surface area contributed by atoms with E-state index in [1.165, 1.54) is 12.8 Å². The molecule has 98 valence electrons. The lowest BCUT2D eigenvalue weighted by molar-refractivity contribution is 0.199. The highest BCUT2D eigenvalue weighted by molar-refractivity contribution is 5.89. The molecule has 1 atom stereocenters. The van der Waals surface area contributed by atoms with Crippen LogP contribution in [0.25, 0.3) is 0 Å². The van der Waals surface area contributed by atoms with Gasteiger partial charge < -0.3 is 15.7 Å². The Morgan fingerprint density at radius 1 is 1.39 bits per heavy atom. The normalized spacial score (nSPS) is 16.1. The van der Waals surface area contributed by atoms with Gasteiger partial charge >= 0.3 is 6.03 Å². The van der Waals surface area contributed by atoms with E-state index >= 15 is 0 Å². The number of nitrogens with one attached hydrogen (secondary N) is 2. The molecule has 1 aromatic carbocycles. The van der Waals surface area contributed by atoms with Gasteiger partial charge in [0.25, 0.3) is 0 Å². The molecule has 0 saturated heterocycles. The van der Waals surface area contributed by atoms with Gasteiger partial charge in [-0.3, -0.25) is 0 Å². The molecule has 2 amide bonds. The van der Waals surface area contributed by atoms with Gasteiger partial charge in [-0.25, -0.2) is 4.79 Å². The highest BCUT2D eigenvalue weighted by Crippen LogP contribution is 2.31. The number of hydrogen-bond donors (Lipinski definition) is 3. The van der Waals surface area contributed by atoms with Crippen molar-refractivity contribution in [2.45, 2.75) is 32.3 Å². The summed E-state index contributed by atoms with van der Waals surface area (Å²) in [6.07, 6.45) is 3.22. The van der Waals surface area contributed by atoms with Crippen LogP contribution in [0.1, 0.15) is 37.9 Å². The molecule has 1 aliphatic carbocycles. The number of benzene rings is 1. The molecule has 0 bridgehead atoms. The number of carbonyl (C=O) groups excluding carboxylic acids is 1. The summed E-state index contributed by atoms with van der Waals surface area (Å²) < 4.78 is 0. The fourth-order valence-electron chi connectivity index (χ4n) is 1.82. The fourth-order valence-corrected chi connectivity index (χ4v) is 1.82. The van der Waals surface area contributed by atoms with Gasteiger partial charge in [-0.05, 0) is 37.0 Å². The van der Waals surface area contributed by atoms with Crippen LogP contribution in [0.3, 0.4) is 0 Å². The van der Waals surface area contributed by atoms with Crippen LogP contribution in [0, 0.1) is 5.92 Å². The summed E-state index contributed by atoms with van der Waals surface area (Å²) in [4.78, 5) is 11.6. The van der Waals surface area contributed by atoms with Crippen LogP contribution in [0.15, 0.2) is 24.3 Å². The van der Waals surface area contributed by atoms with Crippen molar-refractivity contribution in [3.05, 3.63) is 29.8 Å². The van der Waals surface area contributed by atoms with Crippen LogP contribution >= 0.6 is 0 Å². The van der Waals surface area contributed by atoms with Crippen LogP contribution in [0.5, 0.6) is 0 Å². The zero-order valence-corrected chi connectivity index (χ0v) is 10.6. The molecule has 1 unspecified atom stereocenters. The Balaban J connectivity index is 1.75. The molecule has 2 rings (SSSR count). The zero-order valence-electron chi connectivity index (χ0n) is 10.6. The molecule has 18 heavy (non-hydrogen) atoms. The SMILES string of the molecule is CC(O)c1ccc(NC(=O)NCCC2CC2)cc1. The van der Waals surface area contributed by atoms with E-state index in [9.17, 15) is 9.90 Å². The van der Waals surface area contributed by atoms with Gasteiger partial charge in [-0.1, -0.05) is 25.0 Å². The molecule has 1 fully saturated rings. The van der Waals surface area contributed by atoms with E-state index in [-0.39, 0.29) is 6.03 Å². The quantitative estimate of drug-likeness (QED) is 0.750. The minimum atomic E-state index is -0.480. The Bertz CT molecular complexity index is 397. The number of carbonyl (C=O) groups is 1. The molecule has 3 N–H and O–H groups in total. The van der Waals surface area contributed by atoms with Crippen molar-refractivity contribution >= 4 is 11.7 Å². The van der Waals surface area contributed by atoms with E-state index in [4.69, 9.17) is 0 Å². The Hall–Kier alpha value is -1.55. The van der Waals surface area contributed by atoms with Gasteiger partial charge in [0.1, 0.15) is 0 Å². The van der Waals surface area contributed by atoms with Crippen LogP contribution in [-0.2, 0) is 0 Å². The van der Waals surface area contributed by atoms with Crippen molar-refractivity contribution in [3.8, 4) is 0 Å². The molecule has 4 nitrogen and oxygen atoms in total. The van der Waals surface area contributed by atoms with E-state index in [0.29, 0.717) is 0 Å². The van der Waals surface area contributed by atoms with E-state index < -0.39 is 6.10 Å². The van der Waals surface area contributed by atoms with Gasteiger partial charge in [0, 0.05) is 12.2 Å². The predicted octanol–water partition coefficient (Wildman–Crippen LogP) is 2.66. The Labute approximate surface area is 107 Å². The van der Waals surface area contributed by atoms with Crippen molar-refractivity contribution in [1.29, 1.82) is 0 Å². The van der Waals surface area contributed by atoms with Crippen LogP contribution in [0.2, 0.25) is 0 Å². The second-order valence-electron chi connectivity index (χ2n) is 4.91. The third-order valence-electron chi connectivity index (χ3n) is 3.19. The Kier molecular flexibility index (Phi) is 4.20. The molecular weight excluding hydrogens is 228 g/mol. The first-order chi connectivity index (χ1) is 8.65. The number of amides is 2. The van der Waals surface area contributed by atoms with Crippen LogP contribution < -0.4 is 10.6 Å². The highest BCUT2D eigenvalue weighted by atomic mass is 16.3. The van der Waals surface area contributed by atoms with Gasteiger partial charge in [0.15, 0.2) is 0 Å². The first kappa shape index (κ1) is 12.9. The number of rotatable bonds is 5. The minimum absolute atomic E-state index is 0.166. The Morgan fingerprint density at radius 3 is 2.61 bits per heavy atom. The molecule has 0 heterocycles. The first-order valence-electron chi connectivity index (χ1n) is 6.48. The largest absolute Gasteiger partial charge is 0.389 e. The standard InChI is InChI=1S/C14H20N2O2/c1-10(17)12-4-6-13(7-5-12)16-14(18)15-9-8-11-2-3-11/h4-7,10-11,17H,2-3,8-9H2,1H3,(H2,15,16,18). The third-order valence-corrected chi connectivity index (χ3v) is 3.19. The molecule has 1 saturated carbocycles. The van der Waals surface area contributed by atoms with Gasteiger partial charge in [0.2, 0.25) is 0 Å². The summed E-state index contributed by atoms with van der Waals surface area (Å²) in [7, 11) is 0. The molecule has 0 aromatic heterocycles. The number of anilines is 1. The van der Waals surface area contributed by atoms with E-state index in [1.54, 1.807) is 19.1 Å². The van der Waals surface area contributed by atoms with E-state index in [1.807, 2.05) is 12.1 Å². The molecule has 0 aliphatic heterocycles. The van der Waals surface area contributed by atoms with Gasteiger partial charge in [-0.2, -0.15) is 0 Å². The van der Waals surface area contributed by atoms with E-state index in [2.05, 4.69) is 10.6 Å². The smallest absolute Gasteiger partial charge is 0.319 e. The summed E-state index contributed by atoms with van der Waals surface area (Å²) in [5.74, 6) is 0.829. The molecule has 0 spiro atoms. The maximum atomic E-state index is 11.6. The molecule has 4 heteroatoms. The van der Waals surface area contributed by atoms with Crippen molar-refractivity contribution in [1.82, 2.24) is 5.32 Å². The maximum Gasteiger partial charge on any atom is 0.319 e. The fraction of sp³-hybridized carbons (Fsp3) is 0.500. The van der Waals surface area contributed by atoms with Crippen molar-refractivity contribution in [3.63, 3.8) is 0 Å². The average molecular weight is 248 g/mol. The molecular formula is C14H20N2O2. The lowest BCUT2D eigenvalue weighted by Crippen LogP contribution is -2.29. The van der Waals surface area contributed by atoms with Crippen molar-refractivity contribution in [2.24, 2.45) is 5.92 Å². The van der Waals surface area contributed by atoms with Crippen LogP contribution in [-0.4, -0.2) is 17.7 Å². The second kappa shape index (κ2) is 5.87. The lowest BCUT2D eigenvalue weighted by Gasteiger charge is -2.09. The summed E-state index contributed by atoms with van der Waals surface area (Å²) in [6.45, 7) is 2.45. The lowest BCUT2D eigenvalue weighted by atomic mass is 10.1. The molecule has 1 aromatic rings. The van der Waals surface area contributed by atoms with Crippen molar-refractivity contribution < 1.29 is 9.90 Å². The summed E-state index contributed by atoms with van der Waals surface area (Å²) in [6, 6.07) is 7.04. The maximum absolute atomic E-state index is 11.6. The van der Waals surface area contributed by atoms with Gasteiger partial charge in [0.05, 0.1) is 6.10 Å². The summed E-state index contributed by atoms with van der Waals surface area (Å²) >= 11 is 0. The number of hydrogen-bond acceptors (Lipinski definition) is 2. The monoisotopic (exact) mass is 248 g/mol. The van der Waals surface area contributed by atoms with Crippen molar-refractivity contribution in [2.75, 3.05) is 11.9 Å². The number of aliphatic hydroxyl groups is 1. The predicted molar refractivity (Wildman–Crippen MR) is 71.4 cm³/mol. The molecule has 1 aliphatic rings. The third kappa shape index (κ3) is 4.04. The van der Waals surface area contributed by atoms with E-state index in [0.717, 1.165) is 30.1 Å². The molecule has 0 radical (unpaired) electrons. The average Bonchev–Trinajstić information content (AvgIpc) is 3.13. The zero-order chi connectivity index (χ0) is 13.0. The number of urea groups is 1. The summed E-state index contributed by atoms with van der Waals surface area (Å²) in [5.41, 5.74) is 1.58. The Morgan fingerprint density at radius 2 is 2.06 bits per heavy atom. The van der Waals surface area contributed by atoms with Crippen LogP contribution in [0.4, 0.5) is 10.5 Å². The summed E-state index contributed by atoms with van der Waals surface area (Å²) in [5, 5.41) is 15.0. The minimum Gasteiger partial charge on any atom is -0.389 e. The first-order valence-corrected chi connectivity index (χ1v) is 6.48. The van der Waals surface area contributed by atoms with Gasteiger partial charge in [-0.15, -0.1) is 0 Å². The topological polar surface area (TPSA) is 61.4 Å². The highest BCUT2D eigenvalue weighted by Gasteiger charge is 2.20. The number of aliphatic hydroxyl groups excluding tert-OH is 1.